The molecule has 1 aliphatic rings. The third-order valence-electron chi connectivity index (χ3n) is 3.38. The number of aromatic nitrogens is 5. The van der Waals surface area contributed by atoms with Crippen LogP contribution in [-0.2, 0) is 13.0 Å². The molecule has 0 saturated heterocycles. The van der Waals surface area contributed by atoms with Gasteiger partial charge in [0.2, 0.25) is 11.2 Å². The summed E-state index contributed by atoms with van der Waals surface area (Å²) in [4.78, 5) is 16.4. The second-order valence-corrected chi connectivity index (χ2v) is 6.03. The quantitative estimate of drug-likeness (QED) is 0.726. The number of hydrogen-bond acceptors (Lipinski definition) is 6. The number of rotatable bonds is 2. The molecule has 1 aliphatic heterocycles. The van der Waals surface area contributed by atoms with E-state index < -0.39 is 0 Å². The summed E-state index contributed by atoms with van der Waals surface area (Å²) in [6.07, 6.45) is 4.46. The van der Waals surface area contributed by atoms with Crippen LogP contribution >= 0.6 is 22.9 Å². The number of thiophene rings is 1. The maximum absolute atomic E-state index is 6.04. The molecule has 21 heavy (non-hydrogen) atoms. The van der Waals surface area contributed by atoms with Crippen molar-refractivity contribution in [3.05, 3.63) is 45.6 Å². The van der Waals surface area contributed by atoms with E-state index in [0.29, 0.717) is 11.9 Å². The summed E-state index contributed by atoms with van der Waals surface area (Å²) in [5.41, 5.74) is 1.34. The van der Waals surface area contributed by atoms with Crippen LogP contribution in [0.5, 0.6) is 0 Å². The lowest BCUT2D eigenvalue weighted by Gasteiger charge is -2.26. The first-order valence-electron chi connectivity index (χ1n) is 6.51. The second-order valence-electron chi connectivity index (χ2n) is 4.70. The van der Waals surface area contributed by atoms with Gasteiger partial charge >= 0.3 is 0 Å². The predicted octanol–water partition coefficient (Wildman–Crippen LogP) is 2.33. The Kier molecular flexibility index (Phi) is 3.08. The van der Waals surface area contributed by atoms with Crippen LogP contribution in [0.15, 0.2) is 29.9 Å². The van der Waals surface area contributed by atoms with E-state index in [1.807, 2.05) is 6.07 Å². The molecule has 0 saturated carbocycles. The molecule has 4 heterocycles. The van der Waals surface area contributed by atoms with E-state index in [4.69, 9.17) is 11.6 Å². The molecule has 0 atom stereocenters. The summed E-state index contributed by atoms with van der Waals surface area (Å²) < 4.78 is 1.58. The van der Waals surface area contributed by atoms with Crippen molar-refractivity contribution in [2.75, 3.05) is 11.4 Å². The van der Waals surface area contributed by atoms with Gasteiger partial charge in [0.25, 0.3) is 5.95 Å². The number of halogens is 1. The molecule has 3 aromatic heterocycles. The van der Waals surface area contributed by atoms with E-state index in [1.54, 1.807) is 28.4 Å². The van der Waals surface area contributed by atoms with E-state index in [9.17, 15) is 0 Å². The minimum atomic E-state index is 0.182. The third kappa shape index (κ3) is 2.38. The van der Waals surface area contributed by atoms with Crippen molar-refractivity contribution in [3.8, 4) is 5.95 Å². The molecular formula is C13H11ClN6S. The smallest absolute Gasteiger partial charge is 0.256 e. The molecule has 0 N–H and O–H groups in total. The van der Waals surface area contributed by atoms with Crippen molar-refractivity contribution < 1.29 is 0 Å². The lowest BCUT2D eigenvalue weighted by atomic mass is 10.1. The summed E-state index contributed by atoms with van der Waals surface area (Å²) in [6, 6.07) is 3.97. The zero-order valence-electron chi connectivity index (χ0n) is 11.0. The van der Waals surface area contributed by atoms with Crippen molar-refractivity contribution in [1.29, 1.82) is 0 Å². The van der Waals surface area contributed by atoms with Gasteiger partial charge < -0.3 is 4.90 Å². The van der Waals surface area contributed by atoms with E-state index in [1.165, 1.54) is 10.4 Å². The first-order chi connectivity index (χ1) is 10.3. The maximum Gasteiger partial charge on any atom is 0.256 e. The summed E-state index contributed by atoms with van der Waals surface area (Å²) in [6.45, 7) is 1.68. The fourth-order valence-corrected chi connectivity index (χ4v) is 3.42. The van der Waals surface area contributed by atoms with Crippen LogP contribution in [0.2, 0.25) is 5.28 Å². The summed E-state index contributed by atoms with van der Waals surface area (Å²) in [5, 5.41) is 6.44. The normalized spacial score (nSPS) is 14.2. The molecule has 106 valence electrons. The highest BCUT2D eigenvalue weighted by molar-refractivity contribution is 7.10. The lowest BCUT2D eigenvalue weighted by Crippen LogP contribution is -2.31. The predicted molar refractivity (Wildman–Crippen MR) is 81.0 cm³/mol. The first-order valence-corrected chi connectivity index (χ1v) is 7.77. The molecule has 8 heteroatoms. The van der Waals surface area contributed by atoms with Crippen molar-refractivity contribution in [2.24, 2.45) is 0 Å². The molecule has 3 aromatic rings. The topological polar surface area (TPSA) is 59.7 Å². The minimum Gasteiger partial charge on any atom is -0.336 e. The Labute approximate surface area is 130 Å². The van der Waals surface area contributed by atoms with Gasteiger partial charge in [0, 0.05) is 30.4 Å². The number of hydrogen-bond donors (Lipinski definition) is 0. The molecular weight excluding hydrogens is 308 g/mol. The summed E-state index contributed by atoms with van der Waals surface area (Å²) in [7, 11) is 0. The molecule has 0 unspecified atom stereocenters. The van der Waals surface area contributed by atoms with Gasteiger partial charge in [-0.25, -0.2) is 4.68 Å². The van der Waals surface area contributed by atoms with E-state index in [0.717, 1.165) is 19.5 Å². The van der Waals surface area contributed by atoms with Crippen molar-refractivity contribution in [2.45, 2.75) is 13.0 Å². The monoisotopic (exact) mass is 318 g/mol. The van der Waals surface area contributed by atoms with Gasteiger partial charge in [0.1, 0.15) is 0 Å². The lowest BCUT2D eigenvalue weighted by molar-refractivity contribution is 0.701. The van der Waals surface area contributed by atoms with Gasteiger partial charge in [-0.05, 0) is 41.1 Å². The molecule has 0 aliphatic carbocycles. The number of anilines is 1. The Morgan fingerprint density at radius 3 is 2.95 bits per heavy atom. The van der Waals surface area contributed by atoms with Crippen molar-refractivity contribution in [3.63, 3.8) is 0 Å². The highest BCUT2D eigenvalue weighted by atomic mass is 35.5. The van der Waals surface area contributed by atoms with Gasteiger partial charge in [-0.2, -0.15) is 20.1 Å². The van der Waals surface area contributed by atoms with Gasteiger partial charge in [0.15, 0.2) is 0 Å². The Morgan fingerprint density at radius 1 is 1.19 bits per heavy atom. The fourth-order valence-electron chi connectivity index (χ4n) is 2.38. The molecule has 0 spiro atoms. The number of fused-ring (bicyclic) bond motifs is 1. The van der Waals surface area contributed by atoms with Crippen molar-refractivity contribution >= 4 is 28.9 Å². The Morgan fingerprint density at radius 2 is 2.10 bits per heavy atom. The zero-order valence-corrected chi connectivity index (χ0v) is 12.5. The summed E-state index contributed by atoms with van der Waals surface area (Å²) >= 11 is 7.84. The van der Waals surface area contributed by atoms with E-state index in [2.05, 4.69) is 36.4 Å². The molecule has 0 bridgehead atoms. The molecule has 0 radical (unpaired) electrons. The van der Waals surface area contributed by atoms with Crippen LogP contribution in [0, 0.1) is 0 Å². The molecule has 6 nitrogen and oxygen atoms in total. The average molecular weight is 319 g/mol. The van der Waals surface area contributed by atoms with Gasteiger partial charge in [-0.3, -0.25) is 0 Å². The van der Waals surface area contributed by atoms with Crippen LogP contribution in [-0.4, -0.2) is 31.3 Å². The Hall–Kier alpha value is -1.99. The van der Waals surface area contributed by atoms with E-state index in [-0.39, 0.29) is 5.28 Å². The van der Waals surface area contributed by atoms with Crippen LogP contribution < -0.4 is 4.90 Å². The third-order valence-corrected chi connectivity index (χ3v) is 4.58. The largest absolute Gasteiger partial charge is 0.336 e. The van der Waals surface area contributed by atoms with Crippen molar-refractivity contribution in [1.82, 2.24) is 24.7 Å². The Balaban J connectivity index is 1.70. The Bertz CT molecular complexity index is 769. The highest BCUT2D eigenvalue weighted by Gasteiger charge is 2.20. The van der Waals surface area contributed by atoms with Crippen LogP contribution in [0.1, 0.15) is 10.4 Å². The zero-order chi connectivity index (χ0) is 14.2. The number of nitrogens with zero attached hydrogens (tertiary/aromatic N) is 6. The summed E-state index contributed by atoms with van der Waals surface area (Å²) in [5.74, 6) is 1.03. The van der Waals surface area contributed by atoms with Crippen LogP contribution in [0.25, 0.3) is 5.95 Å². The molecule has 0 amide bonds. The average Bonchev–Trinajstić information content (AvgIpc) is 3.17. The van der Waals surface area contributed by atoms with Gasteiger partial charge in [-0.15, -0.1) is 11.3 Å². The van der Waals surface area contributed by atoms with Gasteiger partial charge in [-0.1, -0.05) is 0 Å². The molecule has 4 rings (SSSR count). The maximum atomic E-state index is 6.04. The second kappa shape index (κ2) is 5.09. The van der Waals surface area contributed by atoms with Gasteiger partial charge in [0.05, 0.1) is 0 Å². The fraction of sp³-hybridized carbons (Fsp3) is 0.231. The highest BCUT2D eigenvalue weighted by Crippen LogP contribution is 2.26. The van der Waals surface area contributed by atoms with Crippen LogP contribution in [0.4, 0.5) is 5.95 Å². The standard InChI is InChI=1S/C13H11ClN6S/c14-11-16-12(18-13(17-11)20-5-1-4-15-20)19-6-2-10-9(8-19)3-7-21-10/h1,3-5,7H,2,6,8H2. The van der Waals surface area contributed by atoms with E-state index >= 15 is 0 Å². The minimum absolute atomic E-state index is 0.182. The first kappa shape index (κ1) is 12.7. The molecule has 0 aromatic carbocycles. The van der Waals surface area contributed by atoms with Crippen LogP contribution in [0.3, 0.4) is 0 Å². The SMILES string of the molecule is Clc1nc(N2CCc3sccc3C2)nc(-n2cccn2)n1. The molecule has 0 fully saturated rings.